The summed E-state index contributed by atoms with van der Waals surface area (Å²) in [4.78, 5) is 12.6. The highest BCUT2D eigenvalue weighted by molar-refractivity contribution is 5.90. The van der Waals surface area contributed by atoms with E-state index in [9.17, 15) is 18.0 Å². The van der Waals surface area contributed by atoms with Crippen LogP contribution >= 0.6 is 0 Å². The molecule has 1 aromatic carbocycles. The van der Waals surface area contributed by atoms with Gasteiger partial charge in [0, 0.05) is 18.7 Å². The Bertz CT molecular complexity index is 508. The number of nitrogens with one attached hydrogen (secondary N) is 1. The zero-order valence-corrected chi connectivity index (χ0v) is 10.9. The van der Waals surface area contributed by atoms with Crippen molar-refractivity contribution in [2.75, 3.05) is 25.5 Å². The maximum absolute atomic E-state index is 12.1. The minimum Gasteiger partial charge on any atom is -0.326 e. The summed E-state index contributed by atoms with van der Waals surface area (Å²) in [5.74, 6) is -0.394. The molecule has 0 aromatic heterocycles. The summed E-state index contributed by atoms with van der Waals surface area (Å²) in [6, 6.07) is 8.24. The first-order valence-electron chi connectivity index (χ1n) is 5.85. The minimum absolute atomic E-state index is 0.00326. The molecule has 0 unspecified atom stereocenters. The highest BCUT2D eigenvalue weighted by atomic mass is 19.4. The molecular formula is C13H14F3N3O. The maximum atomic E-state index is 12.1. The lowest BCUT2D eigenvalue weighted by atomic mass is 10.2. The molecule has 1 rings (SSSR count). The summed E-state index contributed by atoms with van der Waals surface area (Å²) < 4.78 is 36.3. The molecule has 0 aliphatic carbocycles. The van der Waals surface area contributed by atoms with Gasteiger partial charge in [0.15, 0.2) is 0 Å². The lowest BCUT2D eigenvalue weighted by molar-refractivity contribution is -0.144. The Kier molecular flexibility index (Phi) is 5.53. The zero-order chi connectivity index (χ0) is 15.2. The molecule has 1 amide bonds. The average Bonchev–Trinajstić information content (AvgIpc) is 2.34. The number of hydrogen-bond acceptors (Lipinski definition) is 3. The summed E-state index contributed by atoms with van der Waals surface area (Å²) in [6.45, 7) is -1.05. The first-order chi connectivity index (χ1) is 9.30. The third-order valence-electron chi connectivity index (χ3n) is 2.45. The second kappa shape index (κ2) is 6.91. The Labute approximate surface area is 114 Å². The summed E-state index contributed by atoms with van der Waals surface area (Å²) in [5.41, 5.74) is 0.851. The van der Waals surface area contributed by atoms with Crippen LogP contribution in [0.3, 0.4) is 0 Å². The second-order valence-corrected chi connectivity index (χ2v) is 4.34. The summed E-state index contributed by atoms with van der Waals surface area (Å²) in [6.07, 6.45) is -4.32. The first kappa shape index (κ1) is 16.0. The molecule has 1 N–H and O–H groups in total. The Hall–Kier alpha value is -2.07. The minimum atomic E-state index is -4.27. The highest BCUT2D eigenvalue weighted by Gasteiger charge is 2.29. The lowest BCUT2D eigenvalue weighted by Gasteiger charge is -2.18. The molecule has 4 nitrogen and oxygen atoms in total. The molecule has 1 aromatic rings. The predicted molar refractivity (Wildman–Crippen MR) is 68.0 cm³/mol. The number of carbonyl (C=O) groups is 1. The Morgan fingerprint density at radius 3 is 2.75 bits per heavy atom. The number of nitriles is 1. The standard InChI is InChI=1S/C13H14F3N3O/c1-19(9-13(14,15)16)6-5-12(20)18-11-4-2-3-10(7-11)8-17/h2-4,7H,5-6,9H2,1H3,(H,18,20). The van der Waals surface area contributed by atoms with Crippen LogP contribution in [-0.4, -0.2) is 37.1 Å². The van der Waals surface area contributed by atoms with Crippen molar-refractivity contribution in [3.8, 4) is 6.07 Å². The van der Waals surface area contributed by atoms with E-state index in [0.29, 0.717) is 11.3 Å². The number of hydrogen-bond donors (Lipinski definition) is 1. The monoisotopic (exact) mass is 285 g/mol. The van der Waals surface area contributed by atoms with Crippen LogP contribution in [0.1, 0.15) is 12.0 Å². The van der Waals surface area contributed by atoms with Gasteiger partial charge in [0.05, 0.1) is 18.2 Å². The van der Waals surface area contributed by atoms with E-state index in [-0.39, 0.29) is 13.0 Å². The van der Waals surface area contributed by atoms with Gasteiger partial charge in [0.1, 0.15) is 0 Å². The van der Waals surface area contributed by atoms with Gasteiger partial charge in [0.2, 0.25) is 5.91 Å². The van der Waals surface area contributed by atoms with Crippen LogP contribution in [-0.2, 0) is 4.79 Å². The molecule has 0 heterocycles. The van der Waals surface area contributed by atoms with Crippen LogP contribution in [0, 0.1) is 11.3 Å². The molecule has 108 valence electrons. The molecule has 0 aliphatic heterocycles. The fraction of sp³-hybridized carbons (Fsp3) is 0.385. The van der Waals surface area contributed by atoms with E-state index in [1.807, 2.05) is 6.07 Å². The van der Waals surface area contributed by atoms with Gasteiger partial charge >= 0.3 is 6.18 Å². The average molecular weight is 285 g/mol. The van der Waals surface area contributed by atoms with Crippen LogP contribution in [0.25, 0.3) is 0 Å². The molecule has 0 fully saturated rings. The van der Waals surface area contributed by atoms with Gasteiger partial charge in [-0.1, -0.05) is 6.07 Å². The molecule has 7 heteroatoms. The number of amides is 1. The quantitative estimate of drug-likeness (QED) is 0.903. The van der Waals surface area contributed by atoms with Crippen molar-refractivity contribution >= 4 is 11.6 Å². The predicted octanol–water partition coefficient (Wildman–Crippen LogP) is 2.38. The first-order valence-corrected chi connectivity index (χ1v) is 5.85. The number of carbonyl (C=O) groups excluding carboxylic acids is 1. The van der Waals surface area contributed by atoms with Crippen molar-refractivity contribution in [2.24, 2.45) is 0 Å². The third-order valence-corrected chi connectivity index (χ3v) is 2.45. The Balaban J connectivity index is 2.42. The second-order valence-electron chi connectivity index (χ2n) is 4.34. The van der Waals surface area contributed by atoms with Crippen molar-refractivity contribution in [3.63, 3.8) is 0 Å². The van der Waals surface area contributed by atoms with Crippen LogP contribution in [0.5, 0.6) is 0 Å². The molecule has 0 saturated heterocycles. The zero-order valence-electron chi connectivity index (χ0n) is 10.9. The van der Waals surface area contributed by atoms with Crippen molar-refractivity contribution in [1.82, 2.24) is 4.90 Å². The van der Waals surface area contributed by atoms with Gasteiger partial charge in [-0.2, -0.15) is 18.4 Å². The number of benzene rings is 1. The Morgan fingerprint density at radius 1 is 1.45 bits per heavy atom. The topological polar surface area (TPSA) is 56.1 Å². The van der Waals surface area contributed by atoms with Crippen molar-refractivity contribution < 1.29 is 18.0 Å². The normalized spacial score (nSPS) is 11.2. The molecule has 0 saturated carbocycles. The molecular weight excluding hydrogens is 271 g/mol. The van der Waals surface area contributed by atoms with E-state index >= 15 is 0 Å². The fourth-order valence-corrected chi connectivity index (χ4v) is 1.57. The fourth-order valence-electron chi connectivity index (χ4n) is 1.57. The van der Waals surface area contributed by atoms with Crippen molar-refractivity contribution in [3.05, 3.63) is 29.8 Å². The van der Waals surface area contributed by atoms with Gasteiger partial charge in [-0.3, -0.25) is 9.69 Å². The van der Waals surface area contributed by atoms with Gasteiger partial charge in [-0.05, 0) is 25.2 Å². The molecule has 0 atom stereocenters. The SMILES string of the molecule is CN(CCC(=O)Nc1cccc(C#N)c1)CC(F)(F)F. The molecule has 0 aliphatic rings. The molecule has 0 radical (unpaired) electrons. The van der Waals surface area contributed by atoms with Crippen LogP contribution in [0.2, 0.25) is 0 Å². The molecule has 0 bridgehead atoms. The van der Waals surface area contributed by atoms with Crippen LogP contribution in [0.15, 0.2) is 24.3 Å². The molecule has 20 heavy (non-hydrogen) atoms. The van der Waals surface area contributed by atoms with Crippen molar-refractivity contribution in [1.29, 1.82) is 5.26 Å². The third kappa shape index (κ3) is 6.20. The number of rotatable bonds is 5. The summed E-state index contributed by atoms with van der Waals surface area (Å²) >= 11 is 0. The number of halogens is 3. The highest BCUT2D eigenvalue weighted by Crippen LogP contribution is 2.15. The summed E-state index contributed by atoms with van der Waals surface area (Å²) in [7, 11) is 1.30. The molecule has 0 spiro atoms. The van der Waals surface area contributed by atoms with E-state index in [2.05, 4.69) is 5.32 Å². The van der Waals surface area contributed by atoms with Gasteiger partial charge in [0.25, 0.3) is 0 Å². The van der Waals surface area contributed by atoms with Crippen LogP contribution < -0.4 is 5.32 Å². The van der Waals surface area contributed by atoms with Crippen LogP contribution in [0.4, 0.5) is 18.9 Å². The van der Waals surface area contributed by atoms with E-state index in [0.717, 1.165) is 4.90 Å². The summed E-state index contributed by atoms with van der Waals surface area (Å²) in [5, 5.41) is 11.2. The lowest BCUT2D eigenvalue weighted by Crippen LogP contribution is -2.33. The van der Waals surface area contributed by atoms with Gasteiger partial charge in [-0.15, -0.1) is 0 Å². The number of alkyl halides is 3. The van der Waals surface area contributed by atoms with Crippen molar-refractivity contribution in [2.45, 2.75) is 12.6 Å². The smallest absolute Gasteiger partial charge is 0.326 e. The number of anilines is 1. The van der Waals surface area contributed by atoms with Gasteiger partial charge < -0.3 is 5.32 Å². The maximum Gasteiger partial charge on any atom is 0.401 e. The van der Waals surface area contributed by atoms with Gasteiger partial charge in [-0.25, -0.2) is 0 Å². The van der Waals surface area contributed by atoms with E-state index in [1.54, 1.807) is 18.2 Å². The number of nitrogens with zero attached hydrogens (tertiary/aromatic N) is 2. The van der Waals surface area contributed by atoms with E-state index < -0.39 is 18.6 Å². The Morgan fingerprint density at radius 2 is 2.15 bits per heavy atom. The largest absolute Gasteiger partial charge is 0.401 e. The van der Waals surface area contributed by atoms with E-state index in [4.69, 9.17) is 5.26 Å². The van der Waals surface area contributed by atoms with E-state index in [1.165, 1.54) is 13.1 Å².